The highest BCUT2D eigenvalue weighted by molar-refractivity contribution is 6.30. The van der Waals surface area contributed by atoms with Crippen molar-refractivity contribution < 1.29 is 14.6 Å². The van der Waals surface area contributed by atoms with E-state index >= 15 is 0 Å². The number of ether oxygens (including phenoxy) is 1. The van der Waals surface area contributed by atoms with E-state index in [1.165, 1.54) is 0 Å². The van der Waals surface area contributed by atoms with Crippen molar-refractivity contribution in [3.8, 4) is 5.75 Å². The average molecular weight is 213 g/mol. The molecule has 2 rings (SSSR count). The second-order valence-electron chi connectivity index (χ2n) is 3.32. The third kappa shape index (κ3) is 1.34. The summed E-state index contributed by atoms with van der Waals surface area (Å²) in [4.78, 5) is 11.0. The lowest BCUT2D eigenvalue weighted by molar-refractivity contribution is -0.140. The number of benzene rings is 1. The van der Waals surface area contributed by atoms with E-state index in [-0.39, 0.29) is 6.10 Å². The summed E-state index contributed by atoms with van der Waals surface area (Å²) in [5.41, 5.74) is 0.664. The van der Waals surface area contributed by atoms with Gasteiger partial charge in [0.05, 0.1) is 0 Å². The minimum Gasteiger partial charge on any atom is -0.489 e. The zero-order valence-corrected chi connectivity index (χ0v) is 8.28. The van der Waals surface area contributed by atoms with Gasteiger partial charge in [0.1, 0.15) is 17.8 Å². The number of hydrogen-bond acceptors (Lipinski definition) is 2. The molecule has 1 aliphatic rings. The molecule has 3 nitrogen and oxygen atoms in total. The molecule has 0 amide bonds. The number of carboxylic acids is 1. The average Bonchev–Trinajstić information content (AvgIpc) is 2.40. The molecule has 1 N–H and O–H groups in total. The molecule has 0 aliphatic carbocycles. The monoisotopic (exact) mass is 212 g/mol. The van der Waals surface area contributed by atoms with Crippen molar-refractivity contribution in [3.63, 3.8) is 0 Å². The predicted octanol–water partition coefficient (Wildman–Crippen LogP) is 2.29. The van der Waals surface area contributed by atoms with Crippen molar-refractivity contribution in [2.45, 2.75) is 18.9 Å². The van der Waals surface area contributed by atoms with Gasteiger partial charge < -0.3 is 9.84 Å². The fraction of sp³-hybridized carbons (Fsp3) is 0.300. The van der Waals surface area contributed by atoms with Crippen LogP contribution in [0, 0.1) is 0 Å². The van der Waals surface area contributed by atoms with Crippen molar-refractivity contribution in [1.82, 2.24) is 0 Å². The quantitative estimate of drug-likeness (QED) is 0.777. The van der Waals surface area contributed by atoms with Crippen molar-refractivity contribution in [3.05, 3.63) is 28.8 Å². The maximum atomic E-state index is 11.0. The van der Waals surface area contributed by atoms with E-state index in [0.717, 1.165) is 0 Å². The fourth-order valence-electron chi connectivity index (χ4n) is 1.72. The first-order valence-corrected chi connectivity index (χ1v) is 4.66. The maximum absolute atomic E-state index is 11.0. The summed E-state index contributed by atoms with van der Waals surface area (Å²) < 4.78 is 5.40. The Hall–Kier alpha value is -1.22. The van der Waals surface area contributed by atoms with Gasteiger partial charge in [0.15, 0.2) is 0 Å². The van der Waals surface area contributed by atoms with Crippen LogP contribution in [0.15, 0.2) is 18.2 Å². The van der Waals surface area contributed by atoms with Gasteiger partial charge in [-0.15, -0.1) is 0 Å². The molecule has 0 bridgehead atoms. The summed E-state index contributed by atoms with van der Waals surface area (Å²) >= 11 is 5.79. The summed E-state index contributed by atoms with van der Waals surface area (Å²) in [6.07, 6.45) is -0.332. The first kappa shape index (κ1) is 9.34. The summed E-state index contributed by atoms with van der Waals surface area (Å²) in [6, 6.07) is 5.05. The number of rotatable bonds is 1. The van der Waals surface area contributed by atoms with Gasteiger partial charge in [0, 0.05) is 10.6 Å². The van der Waals surface area contributed by atoms with Crippen LogP contribution in [0.1, 0.15) is 18.4 Å². The Balaban J connectivity index is 2.49. The van der Waals surface area contributed by atoms with Crippen LogP contribution in [-0.4, -0.2) is 17.2 Å². The van der Waals surface area contributed by atoms with Crippen molar-refractivity contribution in [2.75, 3.05) is 0 Å². The van der Waals surface area contributed by atoms with Gasteiger partial charge in [-0.2, -0.15) is 0 Å². The van der Waals surface area contributed by atoms with E-state index in [2.05, 4.69) is 0 Å². The topological polar surface area (TPSA) is 46.5 Å². The third-order valence-electron chi connectivity index (χ3n) is 2.36. The van der Waals surface area contributed by atoms with Crippen LogP contribution < -0.4 is 4.74 Å². The standard InChI is InChI=1S/C10H9ClO3/c1-5-9(10(12)13)7-4-6(11)2-3-8(7)14-5/h2-5,9H,1H3,(H,12,13). The van der Waals surface area contributed by atoms with Crippen LogP contribution in [0.3, 0.4) is 0 Å². The number of halogens is 1. The molecule has 0 saturated heterocycles. The van der Waals surface area contributed by atoms with E-state index in [1.807, 2.05) is 0 Å². The van der Waals surface area contributed by atoms with E-state index in [4.69, 9.17) is 21.4 Å². The highest BCUT2D eigenvalue weighted by atomic mass is 35.5. The number of fused-ring (bicyclic) bond motifs is 1. The van der Waals surface area contributed by atoms with E-state index in [9.17, 15) is 4.79 Å². The van der Waals surface area contributed by atoms with Crippen LogP contribution in [0.25, 0.3) is 0 Å². The van der Waals surface area contributed by atoms with Gasteiger partial charge in [-0.05, 0) is 25.1 Å². The van der Waals surface area contributed by atoms with Crippen LogP contribution in [-0.2, 0) is 4.79 Å². The molecular weight excluding hydrogens is 204 g/mol. The van der Waals surface area contributed by atoms with Gasteiger partial charge in [-0.3, -0.25) is 4.79 Å². The Morgan fingerprint density at radius 1 is 1.57 bits per heavy atom. The van der Waals surface area contributed by atoms with Crippen LogP contribution in [0.5, 0.6) is 5.75 Å². The highest BCUT2D eigenvalue weighted by Gasteiger charge is 2.36. The van der Waals surface area contributed by atoms with Crippen LogP contribution >= 0.6 is 11.6 Å². The molecule has 1 aromatic carbocycles. The van der Waals surface area contributed by atoms with Gasteiger partial charge in [-0.1, -0.05) is 11.6 Å². The van der Waals surface area contributed by atoms with Crippen molar-refractivity contribution in [1.29, 1.82) is 0 Å². The second-order valence-corrected chi connectivity index (χ2v) is 3.76. The summed E-state index contributed by atoms with van der Waals surface area (Å²) in [5.74, 6) is -0.864. The zero-order valence-electron chi connectivity index (χ0n) is 7.53. The number of carbonyl (C=O) groups is 1. The minimum atomic E-state index is -0.876. The molecule has 0 saturated carbocycles. The third-order valence-corrected chi connectivity index (χ3v) is 2.59. The van der Waals surface area contributed by atoms with Crippen LogP contribution in [0.4, 0.5) is 0 Å². The number of carboxylic acid groups (broad SMARTS) is 1. The molecule has 0 aromatic heterocycles. The fourth-order valence-corrected chi connectivity index (χ4v) is 1.91. The molecule has 1 aromatic rings. The molecule has 4 heteroatoms. The summed E-state index contributed by atoms with van der Waals surface area (Å²) in [7, 11) is 0. The molecule has 14 heavy (non-hydrogen) atoms. The molecule has 2 atom stereocenters. The van der Waals surface area contributed by atoms with E-state index < -0.39 is 11.9 Å². The molecule has 74 valence electrons. The van der Waals surface area contributed by atoms with Gasteiger partial charge in [-0.25, -0.2) is 0 Å². The Labute approximate surface area is 86.3 Å². The smallest absolute Gasteiger partial charge is 0.314 e. The van der Waals surface area contributed by atoms with Crippen molar-refractivity contribution >= 4 is 17.6 Å². The maximum Gasteiger partial charge on any atom is 0.314 e. The Morgan fingerprint density at radius 2 is 2.29 bits per heavy atom. The lowest BCUT2D eigenvalue weighted by atomic mass is 9.97. The second kappa shape index (κ2) is 3.17. The summed E-state index contributed by atoms with van der Waals surface area (Å²) in [6.45, 7) is 1.74. The normalized spacial score (nSPS) is 24.1. The lowest BCUT2D eigenvalue weighted by Gasteiger charge is -2.08. The molecule has 1 aliphatic heterocycles. The Kier molecular flexibility index (Phi) is 2.11. The van der Waals surface area contributed by atoms with Crippen molar-refractivity contribution in [2.24, 2.45) is 0 Å². The molecule has 2 unspecified atom stereocenters. The molecule has 1 heterocycles. The van der Waals surface area contributed by atoms with Gasteiger partial charge >= 0.3 is 5.97 Å². The zero-order chi connectivity index (χ0) is 10.3. The van der Waals surface area contributed by atoms with E-state index in [0.29, 0.717) is 16.3 Å². The summed E-state index contributed by atoms with van der Waals surface area (Å²) in [5, 5.41) is 9.53. The van der Waals surface area contributed by atoms with Gasteiger partial charge in [0.2, 0.25) is 0 Å². The number of hydrogen-bond donors (Lipinski definition) is 1. The minimum absolute atomic E-state index is 0.332. The predicted molar refractivity (Wildman–Crippen MR) is 51.9 cm³/mol. The SMILES string of the molecule is CC1Oc2ccc(Cl)cc2C1C(=O)O. The largest absolute Gasteiger partial charge is 0.489 e. The first-order valence-electron chi connectivity index (χ1n) is 4.28. The first-order chi connectivity index (χ1) is 6.59. The Bertz CT molecular complexity index is 389. The molecule has 0 spiro atoms. The molecular formula is C10H9ClO3. The van der Waals surface area contributed by atoms with Crippen LogP contribution in [0.2, 0.25) is 5.02 Å². The lowest BCUT2D eigenvalue weighted by Crippen LogP contribution is -2.21. The Morgan fingerprint density at radius 3 is 2.93 bits per heavy atom. The molecule has 0 fully saturated rings. The highest BCUT2D eigenvalue weighted by Crippen LogP contribution is 2.39. The van der Waals surface area contributed by atoms with Gasteiger partial charge in [0.25, 0.3) is 0 Å². The molecule has 0 radical (unpaired) electrons. The van der Waals surface area contributed by atoms with E-state index in [1.54, 1.807) is 25.1 Å². The number of aliphatic carboxylic acids is 1.